The topological polar surface area (TPSA) is 69.1 Å². The van der Waals surface area contributed by atoms with Crippen molar-refractivity contribution < 1.29 is 4.42 Å². The van der Waals surface area contributed by atoms with E-state index >= 15 is 0 Å². The largest absolute Gasteiger partial charge is 0.419 e. The molecular formula is C18H23N5O2. The maximum atomic E-state index is 11.6. The minimum absolute atomic E-state index is 0.340. The van der Waals surface area contributed by atoms with Crippen molar-refractivity contribution in [2.45, 2.75) is 32.2 Å². The lowest BCUT2D eigenvalue weighted by molar-refractivity contribution is 0.231. The summed E-state index contributed by atoms with van der Waals surface area (Å²) in [6, 6.07) is 5.76. The summed E-state index contributed by atoms with van der Waals surface area (Å²) in [5.74, 6) is -0.340. The third kappa shape index (κ3) is 3.51. The molecule has 0 amide bonds. The van der Waals surface area contributed by atoms with Gasteiger partial charge in [-0.05, 0) is 43.6 Å². The Balaban J connectivity index is 1.42. The second kappa shape index (κ2) is 6.84. The number of hydrogen-bond donors (Lipinski definition) is 0. The fourth-order valence-corrected chi connectivity index (χ4v) is 3.44. The molecule has 0 atom stereocenters. The van der Waals surface area contributed by atoms with Gasteiger partial charge in [-0.25, -0.2) is 9.48 Å². The van der Waals surface area contributed by atoms with Gasteiger partial charge in [0, 0.05) is 26.2 Å². The molecule has 0 saturated carbocycles. The number of hydrogen-bond acceptors (Lipinski definition) is 5. The molecule has 0 aliphatic carbocycles. The molecule has 0 spiro atoms. The Morgan fingerprint density at radius 1 is 1.20 bits per heavy atom. The van der Waals surface area contributed by atoms with Crippen molar-refractivity contribution in [3.05, 3.63) is 46.2 Å². The van der Waals surface area contributed by atoms with Crippen LogP contribution in [0.5, 0.6) is 0 Å². The van der Waals surface area contributed by atoms with E-state index in [4.69, 9.17) is 4.42 Å². The van der Waals surface area contributed by atoms with Crippen LogP contribution >= 0.6 is 0 Å². The number of aryl methyl sites for hydroxylation is 1. The van der Waals surface area contributed by atoms with E-state index in [2.05, 4.69) is 15.2 Å². The van der Waals surface area contributed by atoms with Crippen LogP contribution in [0, 0.1) is 0 Å². The normalized spacial score (nSPS) is 15.9. The molecule has 2 aromatic heterocycles. The van der Waals surface area contributed by atoms with Crippen LogP contribution in [0.25, 0.3) is 11.1 Å². The second-order valence-electron chi connectivity index (χ2n) is 6.79. The number of benzene rings is 1. The van der Waals surface area contributed by atoms with Crippen LogP contribution in [-0.2, 0) is 20.0 Å². The first kappa shape index (κ1) is 16.1. The molecular weight excluding hydrogens is 318 g/mol. The van der Waals surface area contributed by atoms with Gasteiger partial charge >= 0.3 is 5.76 Å². The molecule has 0 bridgehead atoms. The molecule has 1 aliphatic heterocycles. The molecule has 0 radical (unpaired) electrons. The van der Waals surface area contributed by atoms with E-state index in [0.717, 1.165) is 29.7 Å². The summed E-state index contributed by atoms with van der Waals surface area (Å²) in [4.78, 5) is 14.1. The van der Waals surface area contributed by atoms with Crippen molar-refractivity contribution in [2.24, 2.45) is 7.05 Å². The monoisotopic (exact) mass is 341 g/mol. The number of aromatic nitrogens is 4. The van der Waals surface area contributed by atoms with E-state index < -0.39 is 0 Å². The molecule has 1 saturated heterocycles. The van der Waals surface area contributed by atoms with Crippen LogP contribution < -0.4 is 5.76 Å². The zero-order valence-corrected chi connectivity index (χ0v) is 14.5. The summed E-state index contributed by atoms with van der Waals surface area (Å²) in [5.41, 5.74) is 3.50. The summed E-state index contributed by atoms with van der Waals surface area (Å²) in [6.07, 6.45) is 6.94. The van der Waals surface area contributed by atoms with Crippen molar-refractivity contribution in [1.82, 2.24) is 24.5 Å². The van der Waals surface area contributed by atoms with E-state index in [1.54, 1.807) is 7.05 Å². The Bertz CT molecular complexity index is 917. The lowest BCUT2D eigenvalue weighted by Crippen LogP contribution is -2.31. The van der Waals surface area contributed by atoms with Gasteiger partial charge in [0.05, 0.1) is 17.8 Å². The van der Waals surface area contributed by atoms with Crippen molar-refractivity contribution >= 4 is 11.1 Å². The van der Waals surface area contributed by atoms with Crippen LogP contribution in [-0.4, -0.2) is 44.1 Å². The molecule has 3 heterocycles. The average molecular weight is 341 g/mol. The number of oxazole rings is 1. The molecule has 1 aliphatic rings. The maximum absolute atomic E-state index is 11.6. The highest BCUT2D eigenvalue weighted by molar-refractivity contribution is 5.73. The molecule has 1 aromatic carbocycles. The molecule has 132 valence electrons. The van der Waals surface area contributed by atoms with Crippen molar-refractivity contribution in [1.29, 1.82) is 0 Å². The number of likely N-dealkylation sites (tertiary alicyclic amines) is 1. The number of nitrogens with zero attached hydrogens (tertiary/aromatic N) is 5. The molecule has 0 unspecified atom stereocenters. The standard InChI is InChI=1S/C18H23N5O2/c1-21-16-11-14(5-6-17(16)25-18(21)24)12-23-13-15(19-20-23)7-10-22-8-3-2-4-9-22/h5-6,11,13H,2-4,7-10,12H2,1H3. The molecule has 7 nitrogen and oxygen atoms in total. The van der Waals surface area contributed by atoms with Crippen LogP contribution in [0.15, 0.2) is 33.6 Å². The Morgan fingerprint density at radius 2 is 2.04 bits per heavy atom. The SMILES string of the molecule is Cn1c(=O)oc2ccc(Cn3cc(CCN4CCCCC4)nn3)cc21. The van der Waals surface area contributed by atoms with Crippen molar-refractivity contribution in [3.63, 3.8) is 0 Å². The quantitative estimate of drug-likeness (QED) is 0.708. The van der Waals surface area contributed by atoms with Crippen LogP contribution in [0.4, 0.5) is 0 Å². The predicted octanol–water partition coefficient (Wildman–Crippen LogP) is 1.80. The summed E-state index contributed by atoms with van der Waals surface area (Å²) < 4.78 is 8.54. The second-order valence-corrected chi connectivity index (χ2v) is 6.79. The molecule has 0 N–H and O–H groups in total. The number of rotatable bonds is 5. The first-order valence-corrected chi connectivity index (χ1v) is 8.89. The third-order valence-corrected chi connectivity index (χ3v) is 4.92. The summed E-state index contributed by atoms with van der Waals surface area (Å²) in [7, 11) is 1.71. The minimum Gasteiger partial charge on any atom is -0.408 e. The minimum atomic E-state index is -0.340. The highest BCUT2D eigenvalue weighted by Gasteiger charge is 2.11. The van der Waals surface area contributed by atoms with Gasteiger partial charge < -0.3 is 9.32 Å². The van der Waals surface area contributed by atoms with E-state index in [1.807, 2.05) is 29.1 Å². The first-order chi connectivity index (χ1) is 12.2. The lowest BCUT2D eigenvalue weighted by atomic mass is 10.1. The van der Waals surface area contributed by atoms with Crippen LogP contribution in [0.2, 0.25) is 0 Å². The van der Waals surface area contributed by atoms with E-state index in [0.29, 0.717) is 12.1 Å². The van der Waals surface area contributed by atoms with Gasteiger partial charge in [-0.3, -0.25) is 4.57 Å². The number of fused-ring (bicyclic) bond motifs is 1. The van der Waals surface area contributed by atoms with Crippen LogP contribution in [0.3, 0.4) is 0 Å². The molecule has 3 aromatic rings. The van der Waals surface area contributed by atoms with E-state index in [1.165, 1.54) is 36.9 Å². The Labute approximate surface area is 145 Å². The van der Waals surface area contributed by atoms with Gasteiger partial charge in [-0.1, -0.05) is 17.7 Å². The predicted molar refractivity (Wildman–Crippen MR) is 94.6 cm³/mol. The van der Waals surface area contributed by atoms with Gasteiger partial charge in [0.2, 0.25) is 0 Å². The Hall–Kier alpha value is -2.41. The Morgan fingerprint density at radius 3 is 2.88 bits per heavy atom. The van der Waals surface area contributed by atoms with Gasteiger partial charge in [-0.2, -0.15) is 0 Å². The molecule has 4 rings (SSSR count). The zero-order chi connectivity index (χ0) is 17.2. The third-order valence-electron chi connectivity index (χ3n) is 4.92. The van der Waals surface area contributed by atoms with E-state index in [-0.39, 0.29) is 5.76 Å². The smallest absolute Gasteiger partial charge is 0.408 e. The molecule has 25 heavy (non-hydrogen) atoms. The molecule has 1 fully saturated rings. The van der Waals surface area contributed by atoms with Gasteiger partial charge in [-0.15, -0.1) is 5.10 Å². The summed E-state index contributed by atoms with van der Waals surface area (Å²) >= 11 is 0. The lowest BCUT2D eigenvalue weighted by Gasteiger charge is -2.25. The fourth-order valence-electron chi connectivity index (χ4n) is 3.44. The van der Waals surface area contributed by atoms with Gasteiger partial charge in [0.25, 0.3) is 0 Å². The summed E-state index contributed by atoms with van der Waals surface area (Å²) in [5, 5.41) is 8.53. The zero-order valence-electron chi connectivity index (χ0n) is 14.5. The highest BCUT2D eigenvalue weighted by Crippen LogP contribution is 2.15. The first-order valence-electron chi connectivity index (χ1n) is 8.89. The van der Waals surface area contributed by atoms with Gasteiger partial charge in [0.1, 0.15) is 0 Å². The van der Waals surface area contributed by atoms with Gasteiger partial charge in [0.15, 0.2) is 5.58 Å². The highest BCUT2D eigenvalue weighted by atomic mass is 16.4. The molecule has 7 heteroatoms. The summed E-state index contributed by atoms with van der Waals surface area (Å²) in [6.45, 7) is 4.10. The fraction of sp³-hybridized carbons (Fsp3) is 0.500. The van der Waals surface area contributed by atoms with Crippen molar-refractivity contribution in [2.75, 3.05) is 19.6 Å². The van der Waals surface area contributed by atoms with Crippen LogP contribution in [0.1, 0.15) is 30.5 Å². The average Bonchev–Trinajstić information content (AvgIpc) is 3.19. The Kier molecular flexibility index (Phi) is 4.40. The number of piperidine rings is 1. The van der Waals surface area contributed by atoms with Crippen molar-refractivity contribution in [3.8, 4) is 0 Å². The maximum Gasteiger partial charge on any atom is 0.419 e. The van der Waals surface area contributed by atoms with E-state index in [9.17, 15) is 4.79 Å².